The third-order valence-corrected chi connectivity index (χ3v) is 8.71. The van der Waals surface area contributed by atoms with E-state index < -0.39 is 16.0 Å². The Labute approximate surface area is 186 Å². The van der Waals surface area contributed by atoms with Crippen molar-refractivity contribution in [2.24, 2.45) is 5.92 Å². The van der Waals surface area contributed by atoms with Crippen LogP contribution in [0.15, 0.2) is 46.7 Å². The van der Waals surface area contributed by atoms with Gasteiger partial charge in [-0.15, -0.1) is 11.3 Å². The number of amides is 1. The Morgan fingerprint density at radius 2 is 1.81 bits per heavy atom. The molecule has 1 amide bonds. The van der Waals surface area contributed by atoms with E-state index >= 15 is 0 Å². The van der Waals surface area contributed by atoms with Gasteiger partial charge in [-0.25, -0.2) is 13.2 Å². The molecule has 0 spiro atoms. The van der Waals surface area contributed by atoms with Gasteiger partial charge in [-0.05, 0) is 49.3 Å². The highest BCUT2D eigenvalue weighted by atomic mass is 32.2. The summed E-state index contributed by atoms with van der Waals surface area (Å²) in [5, 5.41) is 2.01. The van der Waals surface area contributed by atoms with Gasteiger partial charge in [0.05, 0.1) is 24.1 Å². The highest BCUT2D eigenvalue weighted by molar-refractivity contribution is 7.89. The molecule has 7 nitrogen and oxygen atoms in total. The van der Waals surface area contributed by atoms with E-state index in [2.05, 4.69) is 0 Å². The lowest BCUT2D eigenvalue weighted by Gasteiger charge is -2.34. The summed E-state index contributed by atoms with van der Waals surface area (Å²) < 4.78 is 32.5. The van der Waals surface area contributed by atoms with Crippen LogP contribution in [-0.4, -0.2) is 55.7 Å². The third-order valence-electron chi connectivity index (χ3n) is 5.89. The Morgan fingerprint density at radius 1 is 1.10 bits per heavy atom. The van der Waals surface area contributed by atoms with E-state index in [1.54, 1.807) is 23.5 Å². The number of hydrogen-bond donors (Lipinski definition) is 0. The molecular weight excluding hydrogens is 436 g/mol. The third kappa shape index (κ3) is 4.68. The fourth-order valence-corrected chi connectivity index (χ4v) is 6.38. The van der Waals surface area contributed by atoms with Crippen LogP contribution in [0.2, 0.25) is 0 Å². The Bertz CT molecular complexity index is 1040. The summed E-state index contributed by atoms with van der Waals surface area (Å²) in [6.45, 7) is 1.14. The van der Waals surface area contributed by atoms with Crippen molar-refractivity contribution >= 4 is 33.2 Å². The van der Waals surface area contributed by atoms with E-state index in [1.165, 1.54) is 28.4 Å². The number of nitrogens with zero attached hydrogens (tertiary/aromatic N) is 2. The van der Waals surface area contributed by atoms with E-state index in [0.29, 0.717) is 25.4 Å². The molecule has 1 aliphatic heterocycles. The second kappa shape index (κ2) is 9.10. The molecule has 2 aromatic rings. The Kier molecular flexibility index (Phi) is 6.45. The number of thiophene rings is 1. The number of carbonyl (C=O) groups excluding carboxylic acids is 2. The molecule has 9 heteroatoms. The van der Waals surface area contributed by atoms with E-state index in [4.69, 9.17) is 4.74 Å². The van der Waals surface area contributed by atoms with E-state index in [1.807, 2.05) is 22.4 Å². The molecule has 1 aromatic carbocycles. The van der Waals surface area contributed by atoms with Crippen LogP contribution in [0.5, 0.6) is 0 Å². The fraction of sp³-hybridized carbons (Fsp3) is 0.455. The molecule has 1 aliphatic carbocycles. The predicted molar refractivity (Wildman–Crippen MR) is 117 cm³/mol. The van der Waals surface area contributed by atoms with E-state index in [-0.39, 0.29) is 35.4 Å². The van der Waals surface area contributed by atoms with Crippen LogP contribution in [0, 0.1) is 5.92 Å². The number of carbonyl (C=O) groups is 2. The van der Waals surface area contributed by atoms with Gasteiger partial charge in [0.25, 0.3) is 0 Å². The largest absolute Gasteiger partial charge is 0.465 e. The van der Waals surface area contributed by atoms with Crippen molar-refractivity contribution in [1.82, 2.24) is 9.21 Å². The normalized spacial score (nSPS) is 18.0. The zero-order chi connectivity index (χ0) is 22.0. The Balaban J connectivity index is 1.44. The molecule has 1 aromatic heterocycles. The highest BCUT2D eigenvalue weighted by Crippen LogP contribution is 2.33. The highest BCUT2D eigenvalue weighted by Gasteiger charge is 2.39. The van der Waals surface area contributed by atoms with Crippen LogP contribution in [-0.2, 0) is 26.1 Å². The maximum atomic E-state index is 13.2. The number of esters is 1. The van der Waals surface area contributed by atoms with Gasteiger partial charge in [0.15, 0.2) is 0 Å². The summed E-state index contributed by atoms with van der Waals surface area (Å²) in [5.41, 5.74) is 0.0269. The first-order valence-corrected chi connectivity index (χ1v) is 12.7. The second-order valence-corrected chi connectivity index (χ2v) is 10.9. The minimum atomic E-state index is -3.85. The fourth-order valence-electron chi connectivity index (χ4n) is 4.03. The van der Waals surface area contributed by atoms with Crippen molar-refractivity contribution < 1.29 is 22.7 Å². The van der Waals surface area contributed by atoms with Crippen molar-refractivity contribution in [1.29, 1.82) is 0 Å². The molecule has 1 saturated carbocycles. The van der Waals surface area contributed by atoms with E-state index in [0.717, 1.165) is 12.8 Å². The first-order chi connectivity index (χ1) is 14.9. The minimum absolute atomic E-state index is 0.0269. The van der Waals surface area contributed by atoms with E-state index in [9.17, 15) is 18.0 Å². The van der Waals surface area contributed by atoms with Crippen LogP contribution in [0.1, 0.15) is 40.9 Å². The molecule has 1 saturated heterocycles. The zero-order valence-corrected chi connectivity index (χ0v) is 19.0. The van der Waals surface area contributed by atoms with Crippen molar-refractivity contribution in [2.75, 3.05) is 20.2 Å². The van der Waals surface area contributed by atoms with Gasteiger partial charge < -0.3 is 9.64 Å². The number of ether oxygens (including phenoxy) is 1. The van der Waals surface area contributed by atoms with Gasteiger partial charge in [0.2, 0.25) is 15.9 Å². The molecule has 2 fully saturated rings. The number of piperidine rings is 1. The van der Waals surface area contributed by atoms with Crippen LogP contribution >= 0.6 is 11.3 Å². The predicted octanol–water partition coefficient (Wildman–Crippen LogP) is 3.13. The van der Waals surface area contributed by atoms with Crippen molar-refractivity contribution in [2.45, 2.75) is 43.2 Å². The molecule has 2 heterocycles. The number of methoxy groups -OCH3 is 1. The van der Waals surface area contributed by atoms with Crippen LogP contribution in [0.3, 0.4) is 0 Å². The van der Waals surface area contributed by atoms with Gasteiger partial charge in [0.1, 0.15) is 0 Å². The number of benzene rings is 1. The molecule has 0 N–H and O–H groups in total. The molecule has 4 rings (SSSR count). The lowest BCUT2D eigenvalue weighted by Crippen LogP contribution is -2.45. The maximum Gasteiger partial charge on any atom is 0.339 e. The van der Waals surface area contributed by atoms with Crippen molar-refractivity contribution in [3.63, 3.8) is 0 Å². The smallest absolute Gasteiger partial charge is 0.339 e. The maximum absolute atomic E-state index is 13.2. The Morgan fingerprint density at radius 3 is 2.42 bits per heavy atom. The molecule has 0 atom stereocenters. The molecule has 0 bridgehead atoms. The summed E-state index contributed by atoms with van der Waals surface area (Å²) in [7, 11) is -2.63. The van der Waals surface area contributed by atoms with Crippen LogP contribution in [0.4, 0.5) is 0 Å². The van der Waals surface area contributed by atoms with Crippen molar-refractivity contribution in [3.8, 4) is 0 Å². The molecular formula is C22H26N2O5S2. The quantitative estimate of drug-likeness (QED) is 0.591. The summed E-state index contributed by atoms with van der Waals surface area (Å²) in [5.74, 6) is -0.733. The van der Waals surface area contributed by atoms with Crippen molar-refractivity contribution in [3.05, 3.63) is 52.2 Å². The molecule has 166 valence electrons. The minimum Gasteiger partial charge on any atom is -0.465 e. The van der Waals surface area contributed by atoms with Crippen LogP contribution in [0.25, 0.3) is 0 Å². The second-order valence-electron chi connectivity index (χ2n) is 7.94. The van der Waals surface area contributed by atoms with Gasteiger partial charge in [-0.3, -0.25) is 4.79 Å². The lowest BCUT2D eigenvalue weighted by atomic mass is 9.96. The molecule has 0 unspecified atom stereocenters. The first kappa shape index (κ1) is 22.0. The Hall–Kier alpha value is -2.23. The summed E-state index contributed by atoms with van der Waals surface area (Å²) >= 11 is 1.65. The number of rotatable bonds is 7. The first-order valence-electron chi connectivity index (χ1n) is 10.4. The number of sulfonamides is 1. The molecule has 2 aliphatic rings. The monoisotopic (exact) mass is 462 g/mol. The summed E-state index contributed by atoms with van der Waals surface area (Å²) in [6, 6.07) is 10.4. The SMILES string of the molecule is COC(=O)c1ccccc1S(=O)(=O)N1CCC(C(=O)N(Cc2cccs2)C2CC2)CC1. The van der Waals surface area contributed by atoms with Gasteiger partial charge in [-0.1, -0.05) is 18.2 Å². The van der Waals surface area contributed by atoms with Gasteiger partial charge in [-0.2, -0.15) is 4.31 Å². The molecule has 31 heavy (non-hydrogen) atoms. The summed E-state index contributed by atoms with van der Waals surface area (Å²) in [4.78, 5) is 28.3. The van der Waals surface area contributed by atoms with Gasteiger partial charge >= 0.3 is 5.97 Å². The zero-order valence-electron chi connectivity index (χ0n) is 17.4. The van der Waals surface area contributed by atoms with Crippen LogP contribution < -0.4 is 0 Å². The standard InChI is InChI=1S/C22H26N2O5S2/c1-29-22(26)19-6-2-3-7-20(19)31(27,28)23-12-10-16(11-13-23)21(25)24(17-8-9-17)15-18-5-4-14-30-18/h2-7,14,16-17H,8-13,15H2,1H3. The molecule has 0 radical (unpaired) electrons. The number of hydrogen-bond acceptors (Lipinski definition) is 6. The average Bonchev–Trinajstić information content (AvgIpc) is 3.51. The lowest BCUT2D eigenvalue weighted by molar-refractivity contribution is -0.138. The topological polar surface area (TPSA) is 84.0 Å². The average molecular weight is 463 g/mol. The van der Waals surface area contributed by atoms with Gasteiger partial charge in [0, 0.05) is 29.9 Å². The summed E-state index contributed by atoms with van der Waals surface area (Å²) in [6.07, 6.45) is 3.03.